The molecule has 2 aromatic heterocycles. The topological polar surface area (TPSA) is 274 Å². The van der Waals surface area contributed by atoms with Gasteiger partial charge in [-0.1, -0.05) is 70.7 Å². The van der Waals surface area contributed by atoms with Gasteiger partial charge in [0.05, 0.1) is 36.0 Å². The fourth-order valence-electron chi connectivity index (χ4n) is 6.54. The molecule has 0 spiro atoms. The van der Waals surface area contributed by atoms with E-state index in [1.807, 2.05) is 96.1 Å². The van der Waals surface area contributed by atoms with Crippen molar-refractivity contribution in [1.82, 2.24) is 43.7 Å². The van der Waals surface area contributed by atoms with Crippen molar-refractivity contribution >= 4 is 135 Å². The predicted molar refractivity (Wildman–Crippen MR) is 293 cm³/mol. The minimum atomic E-state index is -3.91. The number of aromatic nitrogens is 6. The zero-order chi connectivity index (χ0) is 54.9. The molecule has 6 aromatic rings. The molecule has 0 amide bonds. The van der Waals surface area contributed by atoms with E-state index >= 15 is 0 Å². The van der Waals surface area contributed by atoms with Crippen LogP contribution in [0.15, 0.2) is 94.9 Å². The number of fused-ring (bicyclic) bond motifs is 6. The van der Waals surface area contributed by atoms with Gasteiger partial charge in [-0.3, -0.25) is 27.9 Å². The van der Waals surface area contributed by atoms with Gasteiger partial charge in [0, 0.05) is 64.1 Å². The van der Waals surface area contributed by atoms with Crippen molar-refractivity contribution in [2.45, 2.75) is 39.8 Å². The van der Waals surface area contributed by atoms with Crippen LogP contribution in [0, 0.1) is 27.7 Å². The van der Waals surface area contributed by atoms with Crippen LogP contribution in [-0.4, -0.2) is 110 Å². The van der Waals surface area contributed by atoms with Crippen LogP contribution in [0.25, 0.3) is 11.4 Å². The first-order chi connectivity index (χ1) is 33.7. The Kier molecular flexibility index (Phi) is 22.1. The summed E-state index contributed by atoms with van der Waals surface area (Å²) in [6, 6.07) is 26.0. The van der Waals surface area contributed by atoms with E-state index in [4.69, 9.17) is 98.1 Å². The third kappa shape index (κ3) is 19.4. The van der Waals surface area contributed by atoms with Gasteiger partial charge in [0.2, 0.25) is 0 Å². The van der Waals surface area contributed by atoms with Crippen molar-refractivity contribution in [3.63, 3.8) is 0 Å². The number of aliphatic imine (C=N–C) groups is 2. The summed E-state index contributed by atoms with van der Waals surface area (Å²) in [7, 11) is -3.01. The second-order valence-electron chi connectivity index (χ2n) is 15.0. The average Bonchev–Trinajstić information content (AvgIpc) is 3.80. The molecule has 4 heterocycles. The molecule has 5 N–H and O–H groups in total. The van der Waals surface area contributed by atoms with Crippen molar-refractivity contribution in [2.24, 2.45) is 9.98 Å². The quantitative estimate of drug-likeness (QED) is 0.0513. The van der Waals surface area contributed by atoms with Crippen molar-refractivity contribution in [3.05, 3.63) is 152 Å². The Morgan fingerprint density at radius 1 is 0.603 bits per heavy atom. The molecule has 0 saturated carbocycles. The minimum absolute atomic E-state index is 0.137. The predicted octanol–water partition coefficient (Wildman–Crippen LogP) is 9.34. The normalized spacial score (nSPS) is 15.5. The van der Waals surface area contributed by atoms with Gasteiger partial charge in [-0.25, -0.2) is 4.72 Å². The maximum atomic E-state index is 11.9. The van der Waals surface area contributed by atoms with Crippen LogP contribution in [0.5, 0.6) is 0 Å². The van der Waals surface area contributed by atoms with Gasteiger partial charge in [-0.15, -0.1) is 20.4 Å². The van der Waals surface area contributed by atoms with Gasteiger partial charge >= 0.3 is 80.2 Å². The first-order valence-electron chi connectivity index (χ1n) is 20.6. The first-order valence-corrected chi connectivity index (χ1v) is 33.2. The zero-order valence-electron chi connectivity index (χ0n) is 39.2. The molecule has 20 nitrogen and oxygen atoms in total. The van der Waals surface area contributed by atoms with Crippen molar-refractivity contribution in [2.75, 3.05) is 34.4 Å². The van der Waals surface area contributed by atoms with Crippen LogP contribution in [0.3, 0.4) is 0 Å². The third-order valence-electron chi connectivity index (χ3n) is 9.70. The Morgan fingerprint density at radius 3 is 1.29 bits per heavy atom. The van der Waals surface area contributed by atoms with E-state index in [9.17, 15) is 30.4 Å². The second kappa shape index (κ2) is 25.8. The van der Waals surface area contributed by atoms with Crippen LogP contribution < -0.4 is 14.2 Å². The summed E-state index contributed by atoms with van der Waals surface area (Å²) < 4.78 is 80.5. The van der Waals surface area contributed by atoms with E-state index in [1.54, 1.807) is 16.9 Å². The molecule has 0 radical (unpaired) electrons. The van der Waals surface area contributed by atoms with E-state index < -0.39 is 45.3 Å². The van der Waals surface area contributed by atoms with Crippen molar-refractivity contribution < 1.29 is 39.1 Å². The number of halogens is 8. The molecular weight excluding hydrogens is 1200 g/mol. The number of nitrogens with zero attached hydrogens (tertiary/aromatic N) is 8. The molecule has 4 aromatic carbocycles. The molecule has 2 aliphatic heterocycles. The first kappa shape index (κ1) is 62.4. The number of aliphatic hydroxyl groups is 1. The summed E-state index contributed by atoms with van der Waals surface area (Å²) in [5, 5.41) is 28.1. The summed E-state index contributed by atoms with van der Waals surface area (Å²) in [6.45, 7) is 7.45. The Bertz CT molecular complexity index is 3280. The SMILES string of the molecule is CNS(=O)(=O)Cl.CNS(=O)(=O)O.CNS(=O)(=O)OC[C@@H]1N=C(c2ccc(Cl)cc2)c2cc(C)ccc2-n2c(C)nnc21.Cc1ccc2c(c1)C(c1ccc(Cl)cc1)=N[C@@H](CO)c1nnc(C)n1-2.ClP(Cl)(Cl)(Cl)Cl. The maximum absolute atomic E-state index is 11.9. The summed E-state index contributed by atoms with van der Waals surface area (Å²) in [5.41, 5.74) is 9.23. The molecule has 2 aliphatic rings. The fourth-order valence-corrected chi connectivity index (χ4v) is 7.22. The summed E-state index contributed by atoms with van der Waals surface area (Å²) in [6.07, 6.45) is 0. The number of rotatable bonds is 9. The molecule has 0 aliphatic carbocycles. The van der Waals surface area contributed by atoms with Crippen molar-refractivity contribution in [1.29, 1.82) is 0 Å². The Balaban J connectivity index is 0.000000239. The molecule has 0 unspecified atom stereocenters. The third-order valence-corrected chi connectivity index (χ3v) is 12.6. The number of aliphatic hydroxyl groups excluding tert-OH is 1. The van der Waals surface area contributed by atoms with Crippen LogP contribution in [-0.2, 0) is 34.0 Å². The van der Waals surface area contributed by atoms with Crippen LogP contribution in [0.4, 0.5) is 0 Å². The summed E-state index contributed by atoms with van der Waals surface area (Å²) in [4.78, 5) is 9.71. The second-order valence-corrected chi connectivity index (χ2v) is 37.9. The van der Waals surface area contributed by atoms with Crippen molar-refractivity contribution in [3.8, 4) is 11.4 Å². The Labute approximate surface area is 461 Å². The average molecular weight is 1250 g/mol. The van der Waals surface area contributed by atoms with Gasteiger partial charge in [0.25, 0.3) is 9.24 Å². The zero-order valence-corrected chi connectivity index (χ0v) is 48.6. The molecule has 32 heteroatoms. The summed E-state index contributed by atoms with van der Waals surface area (Å²) in [5.74, 6) is 2.59. The molecule has 73 heavy (non-hydrogen) atoms. The van der Waals surface area contributed by atoms with E-state index in [1.165, 1.54) is 14.1 Å². The molecule has 2 atom stereocenters. The number of hydrogen-bond donors (Lipinski definition) is 5. The van der Waals surface area contributed by atoms with Gasteiger partial charge < -0.3 is 5.11 Å². The van der Waals surface area contributed by atoms with Crippen LogP contribution >= 0.6 is 93.5 Å². The molecular formula is C41H46Cl8N11O9PS3. The van der Waals surface area contributed by atoms with Crippen LogP contribution in [0.2, 0.25) is 10.0 Å². The number of benzene rings is 4. The molecule has 0 bridgehead atoms. The molecule has 0 fully saturated rings. The number of aryl methyl sites for hydroxylation is 4. The van der Waals surface area contributed by atoms with Gasteiger partial charge in [-0.05, 0) is 76.2 Å². The molecule has 8 rings (SSSR count). The van der Waals surface area contributed by atoms with E-state index in [0.717, 1.165) is 63.3 Å². The number of hydrogen-bond acceptors (Lipinski definition) is 14. The standard InChI is InChI=1S/C20H20ClN5O3S.C19H17ClN4O.CH4ClNO2S.CH5NO3S.Cl5P/c1-12-4-9-18-16(10-12)19(14-5-7-15(21)8-6-14)23-17(11-29-30(27,28)22-3)20-25-24-13(2)26(18)20;1-11-3-8-17-15(9-11)18(13-4-6-14(20)7-5-13)21-16(10-25)19-23-22-12(2)24(17)19;1-3-6(2,4)5;1-2-6(3,4)5;1-6(2,3,4)5/h4-10,17,22H,11H2,1-3H3;3-9,16,25H,10H2,1-2H3;3H,1H3;2H,1H3,(H,3,4,5);/t17-;16-;;;/m00.../s1. The van der Waals surface area contributed by atoms with Crippen LogP contribution in [0.1, 0.15) is 68.8 Å². The van der Waals surface area contributed by atoms with Gasteiger partial charge in [0.1, 0.15) is 23.7 Å². The Morgan fingerprint density at radius 2 is 0.959 bits per heavy atom. The number of nitrogens with one attached hydrogen (secondary N) is 3. The Hall–Kier alpha value is -3.14. The molecule has 0 saturated heterocycles. The van der Waals surface area contributed by atoms with E-state index in [0.29, 0.717) is 33.2 Å². The fraction of sp³-hybridized carbons (Fsp3) is 0.268. The van der Waals surface area contributed by atoms with Gasteiger partial charge in [0.15, 0.2) is 11.6 Å². The van der Waals surface area contributed by atoms with E-state index in [2.05, 4.69) is 54.0 Å². The van der Waals surface area contributed by atoms with E-state index in [-0.39, 0.29) is 13.2 Å². The van der Waals surface area contributed by atoms with Gasteiger partial charge in [-0.2, -0.15) is 34.7 Å². The summed E-state index contributed by atoms with van der Waals surface area (Å²) >= 11 is 37.0. The monoisotopic (exact) mass is 1240 g/mol. The molecule has 398 valence electrons.